The number of hydrogen-bond donors (Lipinski definition) is 0. The number of benzene rings is 1. The molecule has 3 aromatic rings. The van der Waals surface area contributed by atoms with E-state index in [9.17, 15) is 4.79 Å². The minimum Gasteiger partial charge on any atom is -0.493 e. The summed E-state index contributed by atoms with van der Waals surface area (Å²) in [7, 11) is 1.64. The van der Waals surface area contributed by atoms with Crippen molar-refractivity contribution in [3.8, 4) is 11.5 Å². The summed E-state index contributed by atoms with van der Waals surface area (Å²) in [6, 6.07) is 12.0. The second kappa shape index (κ2) is 10.3. The topological polar surface area (TPSA) is 38.8 Å². The molecule has 148 valence electrons. The Bertz CT molecular complexity index is 860. The molecule has 2 heterocycles. The highest BCUT2D eigenvalue weighted by atomic mass is 32.1. The van der Waals surface area contributed by atoms with Crippen molar-refractivity contribution in [1.29, 1.82) is 0 Å². The first-order chi connectivity index (χ1) is 13.7. The number of carbonyl (C=O) groups is 1. The van der Waals surface area contributed by atoms with E-state index in [0.29, 0.717) is 37.6 Å². The second-order valence-electron chi connectivity index (χ2n) is 6.39. The number of nitrogens with zero attached hydrogens (tertiary/aromatic N) is 1. The number of methoxy groups -OCH3 is 1. The summed E-state index contributed by atoms with van der Waals surface area (Å²) in [4.78, 5) is 15.7. The molecular formula is C22H25NO3S2. The number of carbonyl (C=O) groups excluding carboxylic acids is 1. The lowest BCUT2D eigenvalue weighted by atomic mass is 10.1. The Labute approximate surface area is 174 Å². The molecule has 4 nitrogen and oxygen atoms in total. The molecule has 0 aliphatic heterocycles. The summed E-state index contributed by atoms with van der Waals surface area (Å²) in [6.45, 7) is 3.79. The van der Waals surface area contributed by atoms with Gasteiger partial charge in [0.15, 0.2) is 11.5 Å². The van der Waals surface area contributed by atoms with Crippen molar-refractivity contribution in [2.75, 3.05) is 13.7 Å². The maximum atomic E-state index is 12.6. The number of aryl methyl sites for hydroxylation is 1. The van der Waals surface area contributed by atoms with Crippen LogP contribution >= 0.6 is 22.7 Å². The van der Waals surface area contributed by atoms with Crippen molar-refractivity contribution >= 4 is 28.6 Å². The zero-order chi connectivity index (χ0) is 19.8. The van der Waals surface area contributed by atoms with Gasteiger partial charge in [0.05, 0.1) is 7.11 Å². The van der Waals surface area contributed by atoms with E-state index in [1.54, 1.807) is 29.8 Å². The normalized spacial score (nSPS) is 10.6. The monoisotopic (exact) mass is 415 g/mol. The van der Waals surface area contributed by atoms with Gasteiger partial charge in [0.25, 0.3) is 0 Å². The Balaban J connectivity index is 1.60. The molecule has 0 atom stereocenters. The Morgan fingerprint density at radius 2 is 2.00 bits per heavy atom. The fraction of sp³-hybridized carbons (Fsp3) is 0.318. The molecule has 0 saturated heterocycles. The van der Waals surface area contributed by atoms with E-state index in [4.69, 9.17) is 9.47 Å². The van der Waals surface area contributed by atoms with Gasteiger partial charge in [0.2, 0.25) is 5.91 Å². The highest BCUT2D eigenvalue weighted by Crippen LogP contribution is 2.30. The van der Waals surface area contributed by atoms with Crippen LogP contribution in [-0.2, 0) is 24.4 Å². The largest absolute Gasteiger partial charge is 0.493 e. The van der Waals surface area contributed by atoms with E-state index in [-0.39, 0.29) is 5.91 Å². The Kier molecular flexibility index (Phi) is 7.51. The van der Waals surface area contributed by atoms with Gasteiger partial charge in [-0.05, 0) is 64.9 Å². The molecule has 2 aromatic heterocycles. The van der Waals surface area contributed by atoms with Gasteiger partial charge in [0.1, 0.15) is 6.61 Å². The highest BCUT2D eigenvalue weighted by molar-refractivity contribution is 7.09. The predicted molar refractivity (Wildman–Crippen MR) is 115 cm³/mol. The molecule has 0 spiro atoms. The second-order valence-corrected chi connectivity index (χ2v) is 8.21. The Hall–Kier alpha value is -2.31. The molecule has 0 fully saturated rings. The lowest BCUT2D eigenvalue weighted by Gasteiger charge is -2.22. The quantitative estimate of drug-likeness (QED) is 0.446. The van der Waals surface area contributed by atoms with Crippen LogP contribution in [0.3, 0.4) is 0 Å². The first-order valence-corrected chi connectivity index (χ1v) is 11.1. The average Bonchev–Trinajstić information content (AvgIpc) is 3.43. The van der Waals surface area contributed by atoms with Crippen LogP contribution in [-0.4, -0.2) is 24.5 Å². The number of amides is 1. The zero-order valence-electron chi connectivity index (χ0n) is 16.2. The first-order valence-electron chi connectivity index (χ1n) is 9.30. The predicted octanol–water partition coefficient (Wildman–Crippen LogP) is 5.38. The van der Waals surface area contributed by atoms with Crippen molar-refractivity contribution in [3.05, 3.63) is 68.5 Å². The molecule has 0 radical (unpaired) electrons. The molecule has 6 heteroatoms. The van der Waals surface area contributed by atoms with Crippen molar-refractivity contribution in [2.45, 2.75) is 32.9 Å². The molecule has 28 heavy (non-hydrogen) atoms. The molecule has 0 unspecified atom stereocenters. The maximum Gasteiger partial charge on any atom is 0.223 e. The van der Waals surface area contributed by atoms with E-state index in [1.165, 1.54) is 10.4 Å². The zero-order valence-corrected chi connectivity index (χ0v) is 17.9. The molecule has 1 aromatic carbocycles. The summed E-state index contributed by atoms with van der Waals surface area (Å²) in [5.74, 6) is 1.58. The Morgan fingerprint density at radius 1 is 1.11 bits per heavy atom. The average molecular weight is 416 g/mol. The smallest absolute Gasteiger partial charge is 0.223 e. The van der Waals surface area contributed by atoms with E-state index in [1.807, 2.05) is 52.9 Å². The first kappa shape index (κ1) is 20.4. The van der Waals surface area contributed by atoms with E-state index < -0.39 is 0 Å². The third kappa shape index (κ3) is 5.59. The van der Waals surface area contributed by atoms with Crippen LogP contribution in [0.5, 0.6) is 11.5 Å². The minimum atomic E-state index is 0.172. The fourth-order valence-corrected chi connectivity index (χ4v) is 4.23. The van der Waals surface area contributed by atoms with Crippen LogP contribution in [0.15, 0.2) is 52.5 Å². The number of thiophene rings is 2. The van der Waals surface area contributed by atoms with Crippen LogP contribution in [0, 0.1) is 0 Å². The van der Waals surface area contributed by atoms with Gasteiger partial charge in [-0.1, -0.05) is 12.1 Å². The van der Waals surface area contributed by atoms with Crippen LogP contribution in [0.25, 0.3) is 0 Å². The van der Waals surface area contributed by atoms with Gasteiger partial charge in [-0.2, -0.15) is 11.3 Å². The standard InChI is InChI=1S/C22H25NO3S2/c1-3-23(22(24)9-7-17-10-12-27-16-17)14-18-6-8-20(21(13-18)25-2)26-15-19-5-4-11-28-19/h4-6,8,10-13,16H,3,7,9,14-15H2,1-2H3. The SMILES string of the molecule is CCN(Cc1ccc(OCc2cccs2)c(OC)c1)C(=O)CCc1ccsc1. The molecule has 0 saturated carbocycles. The van der Waals surface area contributed by atoms with Gasteiger partial charge in [0, 0.05) is 24.4 Å². The summed E-state index contributed by atoms with van der Waals surface area (Å²) >= 11 is 3.33. The lowest BCUT2D eigenvalue weighted by Crippen LogP contribution is -2.30. The third-order valence-corrected chi connectivity index (χ3v) is 6.08. The molecule has 3 rings (SSSR count). The summed E-state index contributed by atoms with van der Waals surface area (Å²) in [6.07, 6.45) is 1.32. The van der Waals surface area contributed by atoms with Gasteiger partial charge in [-0.25, -0.2) is 0 Å². The minimum absolute atomic E-state index is 0.172. The molecule has 0 bridgehead atoms. The van der Waals surface area contributed by atoms with Crippen molar-refractivity contribution in [2.24, 2.45) is 0 Å². The van der Waals surface area contributed by atoms with Crippen molar-refractivity contribution in [3.63, 3.8) is 0 Å². The van der Waals surface area contributed by atoms with E-state index in [0.717, 1.165) is 12.0 Å². The Morgan fingerprint density at radius 3 is 2.68 bits per heavy atom. The van der Waals surface area contributed by atoms with Gasteiger partial charge in [-0.3, -0.25) is 4.79 Å². The molecule has 1 amide bonds. The number of rotatable bonds is 10. The van der Waals surface area contributed by atoms with Crippen LogP contribution in [0.2, 0.25) is 0 Å². The van der Waals surface area contributed by atoms with Crippen molar-refractivity contribution in [1.82, 2.24) is 4.90 Å². The highest BCUT2D eigenvalue weighted by Gasteiger charge is 2.14. The number of ether oxygens (including phenoxy) is 2. The van der Waals surface area contributed by atoms with Crippen LogP contribution in [0.1, 0.15) is 29.3 Å². The molecule has 0 aliphatic rings. The van der Waals surface area contributed by atoms with Gasteiger partial charge < -0.3 is 14.4 Å². The number of hydrogen-bond acceptors (Lipinski definition) is 5. The lowest BCUT2D eigenvalue weighted by molar-refractivity contribution is -0.131. The van der Waals surface area contributed by atoms with Crippen LogP contribution in [0.4, 0.5) is 0 Å². The van der Waals surface area contributed by atoms with Crippen molar-refractivity contribution < 1.29 is 14.3 Å². The molecule has 0 aliphatic carbocycles. The van der Waals surface area contributed by atoms with Gasteiger partial charge >= 0.3 is 0 Å². The van der Waals surface area contributed by atoms with Crippen LogP contribution < -0.4 is 9.47 Å². The summed E-state index contributed by atoms with van der Waals surface area (Å²) < 4.78 is 11.4. The summed E-state index contributed by atoms with van der Waals surface area (Å²) in [5.41, 5.74) is 2.26. The third-order valence-electron chi connectivity index (χ3n) is 4.49. The van der Waals surface area contributed by atoms with E-state index in [2.05, 4.69) is 11.4 Å². The summed E-state index contributed by atoms with van der Waals surface area (Å²) in [5, 5.41) is 6.18. The maximum absolute atomic E-state index is 12.6. The van der Waals surface area contributed by atoms with E-state index >= 15 is 0 Å². The molecule has 0 N–H and O–H groups in total. The molecular weight excluding hydrogens is 390 g/mol. The fourth-order valence-electron chi connectivity index (χ4n) is 2.91. The van der Waals surface area contributed by atoms with Gasteiger partial charge in [-0.15, -0.1) is 11.3 Å².